The Morgan fingerprint density at radius 2 is 1.77 bits per heavy atom. The van der Waals surface area contributed by atoms with Crippen molar-refractivity contribution in [3.8, 4) is 17.2 Å². The predicted molar refractivity (Wildman–Crippen MR) is 80.7 cm³/mol. The van der Waals surface area contributed by atoms with Crippen molar-refractivity contribution in [1.29, 1.82) is 0 Å². The number of methoxy groups -OCH3 is 3. The summed E-state index contributed by atoms with van der Waals surface area (Å²) in [6.45, 7) is 0.619. The maximum Gasteiger partial charge on any atom is 0.198 e. The summed E-state index contributed by atoms with van der Waals surface area (Å²) in [5.41, 5.74) is 1.97. The summed E-state index contributed by atoms with van der Waals surface area (Å²) >= 11 is 0. The van der Waals surface area contributed by atoms with Crippen molar-refractivity contribution in [2.45, 2.75) is 25.2 Å². The van der Waals surface area contributed by atoms with Crippen molar-refractivity contribution < 1.29 is 23.7 Å². The highest BCUT2D eigenvalue weighted by atomic mass is 16.5. The second-order valence-corrected chi connectivity index (χ2v) is 5.43. The second-order valence-electron chi connectivity index (χ2n) is 5.43. The minimum absolute atomic E-state index is 0.0430. The van der Waals surface area contributed by atoms with Crippen LogP contribution in [0.5, 0.6) is 17.2 Å². The van der Waals surface area contributed by atoms with Crippen molar-refractivity contribution in [2.24, 2.45) is 0 Å². The number of hydrogen-bond donors (Lipinski definition) is 0. The van der Waals surface area contributed by atoms with Crippen molar-refractivity contribution >= 4 is 5.78 Å². The predicted octanol–water partition coefficient (Wildman–Crippen LogP) is 2.83. The fourth-order valence-electron chi connectivity index (χ4n) is 3.29. The molecule has 0 saturated heterocycles. The van der Waals surface area contributed by atoms with Crippen LogP contribution in [0.2, 0.25) is 0 Å². The molecule has 1 aromatic carbocycles. The summed E-state index contributed by atoms with van der Waals surface area (Å²) in [5.74, 6) is 2.59. The molecule has 5 nitrogen and oxygen atoms in total. The largest absolute Gasteiger partial charge is 0.496 e. The van der Waals surface area contributed by atoms with Gasteiger partial charge in [-0.05, 0) is 18.4 Å². The maximum absolute atomic E-state index is 12.2. The first-order chi connectivity index (χ1) is 10.7. The molecule has 1 aliphatic carbocycles. The van der Waals surface area contributed by atoms with Crippen LogP contribution >= 0.6 is 0 Å². The summed E-state index contributed by atoms with van der Waals surface area (Å²) in [6.07, 6.45) is 2.22. The number of ether oxygens (including phenoxy) is 4. The lowest BCUT2D eigenvalue weighted by molar-refractivity contribution is -0.118. The molecule has 0 amide bonds. The van der Waals surface area contributed by atoms with E-state index in [4.69, 9.17) is 18.9 Å². The topological polar surface area (TPSA) is 54.0 Å². The molecular weight excluding hydrogens is 284 g/mol. The van der Waals surface area contributed by atoms with Crippen molar-refractivity contribution in [1.82, 2.24) is 0 Å². The van der Waals surface area contributed by atoms with Gasteiger partial charge in [-0.2, -0.15) is 0 Å². The van der Waals surface area contributed by atoms with Crippen LogP contribution in [0.4, 0.5) is 0 Å². The van der Waals surface area contributed by atoms with Crippen LogP contribution in [0.3, 0.4) is 0 Å². The monoisotopic (exact) mass is 304 g/mol. The van der Waals surface area contributed by atoms with Gasteiger partial charge in [-0.3, -0.25) is 4.79 Å². The Labute approximate surface area is 129 Å². The highest BCUT2D eigenvalue weighted by Gasteiger charge is 2.39. The zero-order valence-electron chi connectivity index (χ0n) is 13.1. The van der Waals surface area contributed by atoms with Gasteiger partial charge in [0.25, 0.3) is 0 Å². The highest BCUT2D eigenvalue weighted by molar-refractivity contribution is 5.98. The van der Waals surface area contributed by atoms with Gasteiger partial charge in [0.05, 0.1) is 27.9 Å². The third-order valence-electron chi connectivity index (χ3n) is 4.29. The Kier molecular flexibility index (Phi) is 3.96. The first-order valence-corrected chi connectivity index (χ1v) is 7.38. The molecule has 1 atom stereocenters. The molecule has 118 valence electrons. The Balaban J connectivity index is 2.11. The van der Waals surface area contributed by atoms with Gasteiger partial charge in [0.15, 0.2) is 11.5 Å². The molecule has 22 heavy (non-hydrogen) atoms. The van der Waals surface area contributed by atoms with Crippen LogP contribution in [0.15, 0.2) is 23.5 Å². The number of carbonyl (C=O) groups excluding carboxylic acids is 1. The van der Waals surface area contributed by atoms with E-state index in [1.807, 2.05) is 12.1 Å². The van der Waals surface area contributed by atoms with E-state index >= 15 is 0 Å². The van der Waals surface area contributed by atoms with Crippen molar-refractivity contribution in [3.63, 3.8) is 0 Å². The van der Waals surface area contributed by atoms with E-state index in [1.165, 1.54) is 0 Å². The fourth-order valence-corrected chi connectivity index (χ4v) is 3.29. The third-order valence-corrected chi connectivity index (χ3v) is 4.29. The van der Waals surface area contributed by atoms with Gasteiger partial charge in [0, 0.05) is 30.0 Å². The van der Waals surface area contributed by atoms with Crippen molar-refractivity contribution in [2.75, 3.05) is 27.9 Å². The van der Waals surface area contributed by atoms with Gasteiger partial charge in [0.2, 0.25) is 0 Å². The molecule has 1 aliphatic heterocycles. The molecule has 1 heterocycles. The molecule has 0 N–H and O–H groups in total. The highest BCUT2D eigenvalue weighted by Crippen LogP contribution is 2.49. The maximum atomic E-state index is 12.2. The number of allylic oxidation sites excluding steroid dienone is 2. The van der Waals surface area contributed by atoms with E-state index in [-0.39, 0.29) is 11.7 Å². The molecule has 0 aromatic heterocycles. The molecule has 3 rings (SSSR count). The molecule has 2 aliphatic rings. The van der Waals surface area contributed by atoms with Gasteiger partial charge >= 0.3 is 0 Å². The third kappa shape index (κ3) is 2.30. The van der Waals surface area contributed by atoms with E-state index in [0.717, 1.165) is 24.0 Å². The molecule has 1 aromatic rings. The normalized spacial score (nSPS) is 20.5. The molecule has 0 fully saturated rings. The van der Waals surface area contributed by atoms with Crippen LogP contribution in [-0.2, 0) is 9.53 Å². The number of hydrogen-bond acceptors (Lipinski definition) is 5. The van der Waals surface area contributed by atoms with E-state index in [9.17, 15) is 4.79 Å². The lowest BCUT2D eigenvalue weighted by atomic mass is 9.88. The van der Waals surface area contributed by atoms with Gasteiger partial charge in [0.1, 0.15) is 17.2 Å². The smallest absolute Gasteiger partial charge is 0.198 e. The second kappa shape index (κ2) is 5.91. The Morgan fingerprint density at radius 3 is 2.36 bits per heavy atom. The minimum Gasteiger partial charge on any atom is -0.496 e. The molecule has 0 spiro atoms. The molecule has 0 saturated carbocycles. The van der Waals surface area contributed by atoms with Gasteiger partial charge < -0.3 is 18.9 Å². The van der Waals surface area contributed by atoms with E-state index in [0.29, 0.717) is 36.0 Å². The summed E-state index contributed by atoms with van der Waals surface area (Å²) < 4.78 is 21.9. The fraction of sp³-hybridized carbons (Fsp3) is 0.471. The Hall–Kier alpha value is -2.17. The SMILES string of the molecule is COc1cc(OC)c([C@H]2CC(=O)C3=C2CCCO3)c(OC)c1. The standard InChI is InChI=1S/C17H20O5/c1-19-10-7-14(20-2)16(15(8-10)21-3)12-9-13(18)17-11(12)5-4-6-22-17/h7-8,12H,4-6,9H2,1-3H3/t12-/m0/s1. The Bertz CT molecular complexity index is 607. The van der Waals surface area contributed by atoms with E-state index < -0.39 is 0 Å². The molecular formula is C17H20O5. The first kappa shape index (κ1) is 14.8. The number of carbonyl (C=O) groups is 1. The van der Waals surface area contributed by atoms with Crippen LogP contribution in [0.25, 0.3) is 0 Å². The van der Waals surface area contributed by atoms with E-state index in [1.54, 1.807) is 21.3 Å². The summed E-state index contributed by atoms with van der Waals surface area (Å²) in [6, 6.07) is 3.65. The van der Waals surface area contributed by atoms with Gasteiger partial charge in [-0.25, -0.2) is 0 Å². The van der Waals surface area contributed by atoms with E-state index in [2.05, 4.69) is 0 Å². The summed E-state index contributed by atoms with van der Waals surface area (Å²) in [4.78, 5) is 12.2. The van der Waals surface area contributed by atoms with Crippen LogP contribution in [-0.4, -0.2) is 33.7 Å². The number of Topliss-reactive ketones (excluding diaryl/α,β-unsaturated/α-hetero) is 1. The lowest BCUT2D eigenvalue weighted by Crippen LogP contribution is -2.09. The average Bonchev–Trinajstić information content (AvgIpc) is 2.90. The van der Waals surface area contributed by atoms with Gasteiger partial charge in [-0.15, -0.1) is 0 Å². The number of rotatable bonds is 4. The first-order valence-electron chi connectivity index (χ1n) is 7.38. The van der Waals surface area contributed by atoms with Crippen LogP contribution in [0, 0.1) is 0 Å². The van der Waals surface area contributed by atoms with Crippen LogP contribution < -0.4 is 14.2 Å². The average molecular weight is 304 g/mol. The zero-order chi connectivity index (χ0) is 15.7. The molecule has 0 unspecified atom stereocenters. The minimum atomic E-state index is -0.0430. The summed E-state index contributed by atoms with van der Waals surface area (Å²) in [5, 5.41) is 0. The molecule has 0 bridgehead atoms. The summed E-state index contributed by atoms with van der Waals surface area (Å²) in [7, 11) is 4.82. The number of ketones is 1. The van der Waals surface area contributed by atoms with Crippen LogP contribution in [0.1, 0.15) is 30.7 Å². The Morgan fingerprint density at radius 1 is 1.09 bits per heavy atom. The van der Waals surface area contributed by atoms with Gasteiger partial charge in [-0.1, -0.05) is 0 Å². The quantitative estimate of drug-likeness (QED) is 0.856. The molecule has 0 radical (unpaired) electrons. The number of benzene rings is 1. The molecule has 5 heteroatoms. The lowest BCUT2D eigenvalue weighted by Gasteiger charge is -2.23. The zero-order valence-corrected chi connectivity index (χ0v) is 13.1. The van der Waals surface area contributed by atoms with Crippen molar-refractivity contribution in [3.05, 3.63) is 29.0 Å².